The first kappa shape index (κ1) is 14.3. The quantitative estimate of drug-likeness (QED) is 0.942. The average Bonchev–Trinajstić information content (AvgIpc) is 2.79. The van der Waals surface area contributed by atoms with E-state index in [1.807, 2.05) is 41.1 Å². The Hall–Kier alpha value is -2.60. The number of rotatable bonds is 3. The molecule has 3 rings (SSSR count). The minimum Gasteiger partial charge on any atom is -0.495 e. The second-order valence-corrected chi connectivity index (χ2v) is 6.38. The molecular formula is C16H13NO4S. The standard InChI is InChI=1S/C16H13NO4S/c1-21-16-12(11-6-3-2-4-7-11)8-5-9-13(16)14-10-15(18)17-22(14,19)20/h2-10H,1H3,(H,17,18). The largest absolute Gasteiger partial charge is 0.495 e. The van der Waals surface area contributed by atoms with Crippen LogP contribution in [-0.2, 0) is 14.8 Å². The van der Waals surface area contributed by atoms with Crippen LogP contribution in [0.2, 0.25) is 0 Å². The summed E-state index contributed by atoms with van der Waals surface area (Å²) in [5.41, 5.74) is 2.02. The minimum atomic E-state index is -3.84. The molecule has 0 spiro atoms. The Balaban J connectivity index is 2.23. The van der Waals surface area contributed by atoms with Crippen molar-refractivity contribution in [3.63, 3.8) is 0 Å². The number of ether oxygens (including phenoxy) is 1. The number of para-hydroxylation sites is 1. The number of nitrogens with one attached hydrogen (secondary N) is 1. The van der Waals surface area contributed by atoms with E-state index in [1.165, 1.54) is 7.11 Å². The predicted octanol–water partition coefficient (Wildman–Crippen LogP) is 2.16. The fourth-order valence-electron chi connectivity index (χ4n) is 2.43. The fourth-order valence-corrected chi connectivity index (χ4v) is 3.58. The molecule has 2 aromatic rings. The number of hydrogen-bond donors (Lipinski definition) is 1. The van der Waals surface area contributed by atoms with Crippen LogP contribution in [-0.4, -0.2) is 21.4 Å². The SMILES string of the molecule is COc1c(C2=CC(=O)NS2(=O)=O)cccc1-c1ccccc1. The van der Waals surface area contributed by atoms with Gasteiger partial charge < -0.3 is 4.74 Å². The highest BCUT2D eigenvalue weighted by Gasteiger charge is 2.31. The summed E-state index contributed by atoms with van der Waals surface area (Å²) in [7, 11) is -2.36. The highest BCUT2D eigenvalue weighted by molar-refractivity contribution is 8.00. The zero-order chi connectivity index (χ0) is 15.7. The molecule has 112 valence electrons. The Morgan fingerprint density at radius 1 is 0.955 bits per heavy atom. The predicted molar refractivity (Wildman–Crippen MR) is 83.5 cm³/mol. The van der Waals surface area contributed by atoms with E-state index >= 15 is 0 Å². The van der Waals surface area contributed by atoms with Crippen molar-refractivity contribution in [1.82, 2.24) is 4.72 Å². The zero-order valence-electron chi connectivity index (χ0n) is 11.7. The molecule has 1 aliphatic rings. The highest BCUT2D eigenvalue weighted by Crippen LogP contribution is 2.38. The van der Waals surface area contributed by atoms with Crippen molar-refractivity contribution in [2.24, 2.45) is 0 Å². The van der Waals surface area contributed by atoms with E-state index < -0.39 is 15.9 Å². The van der Waals surface area contributed by atoms with Crippen molar-refractivity contribution in [2.45, 2.75) is 0 Å². The van der Waals surface area contributed by atoms with Crippen LogP contribution in [0.4, 0.5) is 0 Å². The first-order valence-electron chi connectivity index (χ1n) is 6.54. The van der Waals surface area contributed by atoms with Crippen LogP contribution in [0.1, 0.15) is 5.56 Å². The molecule has 2 aromatic carbocycles. The molecule has 0 unspecified atom stereocenters. The number of benzene rings is 2. The van der Waals surface area contributed by atoms with Gasteiger partial charge in [0.05, 0.1) is 7.11 Å². The molecule has 1 aliphatic heterocycles. The summed E-state index contributed by atoms with van der Waals surface area (Å²) < 4.78 is 31.4. The molecular weight excluding hydrogens is 302 g/mol. The maximum absolute atomic E-state index is 12.0. The lowest BCUT2D eigenvalue weighted by atomic mass is 10.0. The number of sulfonamides is 1. The van der Waals surface area contributed by atoms with Gasteiger partial charge in [0.2, 0.25) is 0 Å². The van der Waals surface area contributed by atoms with Crippen molar-refractivity contribution in [1.29, 1.82) is 0 Å². The van der Waals surface area contributed by atoms with Gasteiger partial charge in [0.15, 0.2) is 0 Å². The molecule has 22 heavy (non-hydrogen) atoms. The van der Waals surface area contributed by atoms with Crippen LogP contribution in [0.5, 0.6) is 5.75 Å². The van der Waals surface area contributed by atoms with Gasteiger partial charge in [0.1, 0.15) is 10.7 Å². The number of amides is 1. The number of carbonyl (C=O) groups is 1. The molecule has 0 aromatic heterocycles. The Kier molecular flexibility index (Phi) is 3.46. The summed E-state index contributed by atoms with van der Waals surface area (Å²) in [5.74, 6) is -0.234. The number of hydrogen-bond acceptors (Lipinski definition) is 4. The Morgan fingerprint density at radius 2 is 1.64 bits per heavy atom. The van der Waals surface area contributed by atoms with E-state index in [4.69, 9.17) is 4.74 Å². The monoisotopic (exact) mass is 315 g/mol. The van der Waals surface area contributed by atoms with Gasteiger partial charge >= 0.3 is 0 Å². The van der Waals surface area contributed by atoms with Crippen molar-refractivity contribution in [2.75, 3.05) is 7.11 Å². The minimum absolute atomic E-state index is 0.0767. The van der Waals surface area contributed by atoms with E-state index in [-0.39, 0.29) is 4.91 Å². The molecule has 0 atom stereocenters. The summed E-state index contributed by atoms with van der Waals surface area (Å²) >= 11 is 0. The van der Waals surface area contributed by atoms with Crippen molar-refractivity contribution < 1.29 is 17.9 Å². The lowest BCUT2D eigenvalue weighted by molar-refractivity contribution is -0.114. The van der Waals surface area contributed by atoms with Gasteiger partial charge in [-0.2, -0.15) is 0 Å². The van der Waals surface area contributed by atoms with Gasteiger partial charge in [-0.15, -0.1) is 0 Å². The molecule has 0 saturated heterocycles. The smallest absolute Gasteiger partial charge is 0.265 e. The van der Waals surface area contributed by atoms with E-state index in [0.717, 1.165) is 17.2 Å². The third-order valence-electron chi connectivity index (χ3n) is 3.36. The zero-order valence-corrected chi connectivity index (χ0v) is 12.6. The van der Waals surface area contributed by atoms with Crippen LogP contribution < -0.4 is 9.46 Å². The van der Waals surface area contributed by atoms with Gasteiger partial charge in [-0.3, -0.25) is 4.79 Å². The second-order valence-electron chi connectivity index (χ2n) is 4.73. The summed E-state index contributed by atoms with van der Waals surface area (Å²) in [6.45, 7) is 0. The third kappa shape index (κ3) is 2.37. The molecule has 1 N–H and O–H groups in total. The van der Waals surface area contributed by atoms with Crippen molar-refractivity contribution >= 4 is 20.8 Å². The molecule has 5 nitrogen and oxygen atoms in total. The van der Waals surface area contributed by atoms with Crippen LogP contribution in [0.3, 0.4) is 0 Å². The summed E-state index contributed by atoms with van der Waals surface area (Å²) in [4.78, 5) is 11.3. The average molecular weight is 315 g/mol. The first-order valence-corrected chi connectivity index (χ1v) is 8.02. The Labute approximate surface area is 128 Å². The third-order valence-corrected chi connectivity index (χ3v) is 4.74. The highest BCUT2D eigenvalue weighted by atomic mass is 32.2. The van der Waals surface area contributed by atoms with E-state index in [9.17, 15) is 13.2 Å². The molecule has 1 amide bonds. The van der Waals surface area contributed by atoms with E-state index in [2.05, 4.69) is 0 Å². The lowest BCUT2D eigenvalue weighted by Crippen LogP contribution is -2.22. The summed E-state index contributed by atoms with van der Waals surface area (Å²) in [6, 6.07) is 14.7. The van der Waals surface area contributed by atoms with Crippen LogP contribution in [0, 0.1) is 0 Å². The maximum atomic E-state index is 12.0. The first-order chi connectivity index (χ1) is 10.5. The van der Waals surface area contributed by atoms with Crippen LogP contribution >= 0.6 is 0 Å². The van der Waals surface area contributed by atoms with Crippen molar-refractivity contribution in [3.05, 3.63) is 60.2 Å². The molecule has 0 bridgehead atoms. The van der Waals surface area contributed by atoms with Gasteiger partial charge in [-0.05, 0) is 11.6 Å². The molecule has 0 aliphatic carbocycles. The molecule has 1 heterocycles. The number of methoxy groups -OCH3 is 1. The lowest BCUT2D eigenvalue weighted by Gasteiger charge is -2.14. The summed E-state index contributed by atoms with van der Waals surface area (Å²) in [5, 5.41) is 0. The molecule has 0 radical (unpaired) electrons. The Morgan fingerprint density at radius 3 is 2.23 bits per heavy atom. The van der Waals surface area contributed by atoms with Gasteiger partial charge in [0, 0.05) is 17.2 Å². The fraction of sp³-hybridized carbons (Fsp3) is 0.0625. The number of carbonyl (C=O) groups excluding carboxylic acids is 1. The molecule has 0 saturated carbocycles. The Bertz CT molecular complexity index is 870. The normalized spacial score (nSPS) is 16.0. The maximum Gasteiger partial charge on any atom is 0.265 e. The van der Waals surface area contributed by atoms with Crippen molar-refractivity contribution in [3.8, 4) is 16.9 Å². The summed E-state index contributed by atoms with van der Waals surface area (Å²) in [6.07, 6.45) is 1.07. The van der Waals surface area contributed by atoms with Crippen LogP contribution in [0.25, 0.3) is 16.0 Å². The molecule has 6 heteroatoms. The van der Waals surface area contributed by atoms with Gasteiger partial charge in [0.25, 0.3) is 15.9 Å². The van der Waals surface area contributed by atoms with Crippen LogP contribution in [0.15, 0.2) is 54.6 Å². The van der Waals surface area contributed by atoms with E-state index in [0.29, 0.717) is 11.3 Å². The van der Waals surface area contributed by atoms with Gasteiger partial charge in [-0.25, -0.2) is 13.1 Å². The second kappa shape index (κ2) is 5.31. The van der Waals surface area contributed by atoms with Gasteiger partial charge in [-0.1, -0.05) is 42.5 Å². The molecule has 0 fully saturated rings. The van der Waals surface area contributed by atoms with E-state index in [1.54, 1.807) is 12.1 Å². The topological polar surface area (TPSA) is 72.5 Å².